The van der Waals surface area contributed by atoms with Gasteiger partial charge in [0.1, 0.15) is 17.4 Å². The molecular formula is C29H32N10O3. The van der Waals surface area contributed by atoms with Gasteiger partial charge in [-0.15, -0.1) is 0 Å². The van der Waals surface area contributed by atoms with Gasteiger partial charge in [-0.2, -0.15) is 15.2 Å². The van der Waals surface area contributed by atoms with Gasteiger partial charge in [0.2, 0.25) is 5.89 Å². The number of piperazine rings is 1. The van der Waals surface area contributed by atoms with E-state index in [4.69, 9.17) is 15.0 Å². The standard InChI is InChI=1S/C29H32N10O3/c1-18-34-28(35-42-18)37-12-11-36(27(40)29(37,2)3)21-6-4-5-19(15-21)24-16-22(25-26(30)31-17-33-39(24)25)23-7-10-32-38(23)20-8-13-41-14-9-20/h4-7,10,15-17,20H,8-9,11-14H2,1-3H3,(H2,30,31,33). The summed E-state index contributed by atoms with van der Waals surface area (Å²) in [6, 6.07) is 12.2. The molecule has 0 saturated carbocycles. The van der Waals surface area contributed by atoms with Crippen molar-refractivity contribution in [3.8, 4) is 22.5 Å². The minimum atomic E-state index is -0.871. The van der Waals surface area contributed by atoms with Crippen molar-refractivity contribution < 1.29 is 14.1 Å². The molecule has 5 aromatic rings. The van der Waals surface area contributed by atoms with E-state index in [2.05, 4.69) is 36.1 Å². The normalized spacial score (nSPS) is 17.8. The fraction of sp³-hybridized carbons (Fsp3) is 0.379. The van der Waals surface area contributed by atoms with Gasteiger partial charge in [0.15, 0.2) is 5.82 Å². The van der Waals surface area contributed by atoms with Crippen LogP contribution in [-0.2, 0) is 9.53 Å². The number of carbonyl (C=O) groups is 1. The zero-order valence-corrected chi connectivity index (χ0v) is 23.8. The van der Waals surface area contributed by atoms with E-state index < -0.39 is 5.54 Å². The Morgan fingerprint density at radius 2 is 1.88 bits per heavy atom. The second kappa shape index (κ2) is 9.94. The lowest BCUT2D eigenvalue weighted by Crippen LogP contribution is -2.64. The van der Waals surface area contributed by atoms with Crippen LogP contribution in [0.3, 0.4) is 0 Å². The van der Waals surface area contributed by atoms with Crippen LogP contribution in [0.1, 0.15) is 38.6 Å². The quantitative estimate of drug-likeness (QED) is 0.334. The highest BCUT2D eigenvalue weighted by Crippen LogP contribution is 2.38. The number of hydrogen-bond donors (Lipinski definition) is 1. The van der Waals surface area contributed by atoms with Gasteiger partial charge in [-0.25, -0.2) is 9.50 Å². The lowest BCUT2D eigenvalue weighted by Gasteiger charge is -2.45. The Hall–Kier alpha value is -4.78. The lowest BCUT2D eigenvalue weighted by molar-refractivity contribution is -0.123. The van der Waals surface area contributed by atoms with Crippen LogP contribution in [0.4, 0.5) is 17.5 Å². The predicted molar refractivity (Wildman–Crippen MR) is 156 cm³/mol. The number of nitrogens with two attached hydrogens (primary N) is 1. The summed E-state index contributed by atoms with van der Waals surface area (Å²) in [7, 11) is 0. The van der Waals surface area contributed by atoms with Gasteiger partial charge in [-0.3, -0.25) is 9.48 Å². The average Bonchev–Trinajstić information content (AvgIpc) is 3.74. The minimum absolute atomic E-state index is 0.0546. The molecule has 0 atom stereocenters. The SMILES string of the molecule is Cc1nc(N2CCN(c3cccc(-c4cc(-c5ccnn5C5CCOCC5)c5c(N)ncnn45)c3)C(=O)C2(C)C)no1. The number of amides is 1. The van der Waals surface area contributed by atoms with Gasteiger partial charge in [0.25, 0.3) is 11.9 Å². The first-order valence-electron chi connectivity index (χ1n) is 14.1. The summed E-state index contributed by atoms with van der Waals surface area (Å²) in [5, 5.41) is 13.3. The maximum atomic E-state index is 13.8. The first-order chi connectivity index (χ1) is 20.3. The van der Waals surface area contributed by atoms with Crippen LogP contribution in [0.15, 0.2) is 53.4 Å². The molecule has 2 aliphatic rings. The van der Waals surface area contributed by atoms with Crippen molar-refractivity contribution in [3.05, 3.63) is 54.8 Å². The summed E-state index contributed by atoms with van der Waals surface area (Å²) in [5.41, 5.74) is 10.7. The molecule has 0 spiro atoms. The maximum absolute atomic E-state index is 13.8. The molecule has 2 N–H and O–H groups in total. The predicted octanol–water partition coefficient (Wildman–Crippen LogP) is 3.52. The molecule has 0 unspecified atom stereocenters. The number of aromatic nitrogens is 7. The van der Waals surface area contributed by atoms with Gasteiger partial charge in [0, 0.05) is 56.2 Å². The second-order valence-electron chi connectivity index (χ2n) is 11.2. The Kier molecular flexibility index (Phi) is 6.19. The summed E-state index contributed by atoms with van der Waals surface area (Å²) in [6.07, 6.45) is 5.06. The highest BCUT2D eigenvalue weighted by Gasteiger charge is 2.44. The van der Waals surface area contributed by atoms with Crippen LogP contribution in [0.2, 0.25) is 0 Å². The number of ether oxygens (including phenoxy) is 1. The van der Waals surface area contributed by atoms with Gasteiger partial charge < -0.3 is 24.8 Å². The average molecular weight is 569 g/mol. The summed E-state index contributed by atoms with van der Waals surface area (Å²) in [6.45, 7) is 7.95. The molecule has 1 aromatic carbocycles. The fourth-order valence-corrected chi connectivity index (χ4v) is 6.07. The Balaban J connectivity index is 1.27. The van der Waals surface area contributed by atoms with Crippen molar-refractivity contribution in [2.45, 2.75) is 45.2 Å². The van der Waals surface area contributed by atoms with Crippen LogP contribution in [0.25, 0.3) is 28.0 Å². The van der Waals surface area contributed by atoms with Crippen molar-refractivity contribution in [1.29, 1.82) is 0 Å². The molecule has 1 amide bonds. The van der Waals surface area contributed by atoms with Crippen molar-refractivity contribution in [3.63, 3.8) is 0 Å². The molecule has 42 heavy (non-hydrogen) atoms. The van der Waals surface area contributed by atoms with E-state index >= 15 is 0 Å². The molecule has 7 rings (SSSR count). The zero-order chi connectivity index (χ0) is 29.0. The first kappa shape index (κ1) is 26.1. The maximum Gasteiger partial charge on any atom is 0.266 e. The number of aryl methyl sites for hydroxylation is 1. The van der Waals surface area contributed by atoms with Gasteiger partial charge in [-0.05, 0) is 56.1 Å². The number of carbonyl (C=O) groups excluding carboxylic acids is 1. The fourth-order valence-electron chi connectivity index (χ4n) is 6.07. The molecule has 0 bridgehead atoms. The molecule has 13 heteroatoms. The molecule has 216 valence electrons. The smallest absolute Gasteiger partial charge is 0.266 e. The van der Waals surface area contributed by atoms with E-state index in [1.807, 2.05) is 64.7 Å². The zero-order valence-electron chi connectivity index (χ0n) is 23.8. The minimum Gasteiger partial charge on any atom is -0.382 e. The first-order valence-corrected chi connectivity index (χ1v) is 14.1. The summed E-state index contributed by atoms with van der Waals surface area (Å²) < 4.78 is 14.6. The van der Waals surface area contributed by atoms with Crippen LogP contribution in [0, 0.1) is 6.92 Å². The van der Waals surface area contributed by atoms with Gasteiger partial charge in [0.05, 0.1) is 17.4 Å². The van der Waals surface area contributed by atoms with E-state index in [1.54, 1.807) is 6.92 Å². The molecule has 6 heterocycles. The molecule has 2 saturated heterocycles. The van der Waals surface area contributed by atoms with Crippen LogP contribution in [-0.4, -0.2) is 72.3 Å². The molecule has 13 nitrogen and oxygen atoms in total. The molecule has 2 fully saturated rings. The van der Waals surface area contributed by atoms with Gasteiger partial charge in [-0.1, -0.05) is 12.1 Å². The van der Waals surface area contributed by atoms with Crippen molar-refractivity contribution in [2.24, 2.45) is 0 Å². The molecule has 0 aliphatic carbocycles. The van der Waals surface area contributed by atoms with Gasteiger partial charge >= 0.3 is 0 Å². The summed E-state index contributed by atoms with van der Waals surface area (Å²) >= 11 is 0. The van der Waals surface area contributed by atoms with E-state index in [9.17, 15) is 4.79 Å². The van der Waals surface area contributed by atoms with Crippen molar-refractivity contribution in [2.75, 3.05) is 41.8 Å². The number of anilines is 3. The number of nitrogens with zero attached hydrogens (tertiary/aromatic N) is 9. The molecule has 0 radical (unpaired) electrons. The molecular weight excluding hydrogens is 536 g/mol. The monoisotopic (exact) mass is 568 g/mol. The third kappa shape index (κ3) is 4.19. The Labute approximate surface area is 241 Å². The Bertz CT molecular complexity index is 1780. The topological polar surface area (TPSA) is 146 Å². The largest absolute Gasteiger partial charge is 0.382 e. The van der Waals surface area contributed by atoms with E-state index in [1.165, 1.54) is 6.33 Å². The number of hydrogen-bond acceptors (Lipinski definition) is 10. The summed E-state index contributed by atoms with van der Waals surface area (Å²) in [4.78, 5) is 26.2. The van der Waals surface area contributed by atoms with E-state index in [-0.39, 0.29) is 11.9 Å². The third-order valence-electron chi connectivity index (χ3n) is 8.27. The highest BCUT2D eigenvalue weighted by molar-refractivity contribution is 6.03. The Morgan fingerprint density at radius 3 is 2.67 bits per heavy atom. The number of fused-ring (bicyclic) bond motifs is 1. The number of nitrogen functional groups attached to an aromatic ring is 1. The van der Waals surface area contributed by atoms with Crippen molar-refractivity contribution >= 4 is 28.9 Å². The van der Waals surface area contributed by atoms with Crippen LogP contribution >= 0.6 is 0 Å². The Morgan fingerprint density at radius 1 is 1.05 bits per heavy atom. The van der Waals surface area contributed by atoms with Crippen LogP contribution < -0.4 is 15.5 Å². The second-order valence-corrected chi connectivity index (χ2v) is 11.2. The molecule has 4 aromatic heterocycles. The summed E-state index contributed by atoms with van der Waals surface area (Å²) in [5.74, 6) is 1.21. The lowest BCUT2D eigenvalue weighted by atomic mass is 9.97. The van der Waals surface area contributed by atoms with E-state index in [0.29, 0.717) is 49.5 Å². The van der Waals surface area contributed by atoms with Crippen molar-refractivity contribution in [1.82, 2.24) is 34.5 Å². The highest BCUT2D eigenvalue weighted by atomic mass is 16.5. The number of benzene rings is 1. The van der Waals surface area contributed by atoms with Crippen LogP contribution in [0.5, 0.6) is 0 Å². The third-order valence-corrected chi connectivity index (χ3v) is 8.27. The molecule has 2 aliphatic heterocycles. The van der Waals surface area contributed by atoms with E-state index in [0.717, 1.165) is 41.0 Å². The number of rotatable bonds is 5.